The molecule has 0 bridgehead atoms. The van der Waals surface area contributed by atoms with Crippen molar-refractivity contribution >= 4 is 9.84 Å². The summed E-state index contributed by atoms with van der Waals surface area (Å²) in [6.45, 7) is 3.10. The average molecular weight is 271 g/mol. The molecule has 0 amide bonds. The van der Waals surface area contributed by atoms with E-state index < -0.39 is 9.84 Å². The van der Waals surface area contributed by atoms with Gasteiger partial charge in [-0.2, -0.15) is 0 Å². The second-order valence-electron chi connectivity index (χ2n) is 4.45. The van der Waals surface area contributed by atoms with Crippen LogP contribution >= 0.6 is 0 Å². The molecule has 1 atom stereocenters. The van der Waals surface area contributed by atoms with Gasteiger partial charge in [-0.1, -0.05) is 12.1 Å². The Labute approximate surface area is 109 Å². The molecule has 0 fully saturated rings. The molecular formula is C13H21NO3S. The number of sulfone groups is 1. The Balaban J connectivity index is 2.57. The summed E-state index contributed by atoms with van der Waals surface area (Å²) in [7, 11) is -3.12. The maximum atomic E-state index is 11.3. The molecule has 4 nitrogen and oxygen atoms in total. The van der Waals surface area contributed by atoms with E-state index in [1.54, 1.807) is 12.1 Å². The molecule has 2 N–H and O–H groups in total. The van der Waals surface area contributed by atoms with Crippen LogP contribution in [0.2, 0.25) is 0 Å². The Morgan fingerprint density at radius 1 is 1.22 bits per heavy atom. The van der Waals surface area contributed by atoms with E-state index in [9.17, 15) is 8.42 Å². The minimum absolute atomic E-state index is 0.178. The topological polar surface area (TPSA) is 66.4 Å². The summed E-state index contributed by atoms with van der Waals surface area (Å²) < 4.78 is 22.6. The second kappa shape index (κ2) is 6.87. The summed E-state index contributed by atoms with van der Waals surface area (Å²) in [6, 6.07) is 7.12. The van der Waals surface area contributed by atoms with E-state index in [4.69, 9.17) is 5.11 Å². The van der Waals surface area contributed by atoms with E-state index in [0.717, 1.165) is 24.9 Å². The van der Waals surface area contributed by atoms with E-state index >= 15 is 0 Å². The Bertz CT molecular complexity index is 454. The molecule has 0 aliphatic rings. The van der Waals surface area contributed by atoms with Crippen molar-refractivity contribution in [3.05, 3.63) is 29.8 Å². The maximum Gasteiger partial charge on any atom is 0.175 e. The fourth-order valence-electron chi connectivity index (χ4n) is 1.68. The van der Waals surface area contributed by atoms with Crippen LogP contribution in [0.15, 0.2) is 29.2 Å². The molecule has 0 aliphatic carbocycles. The zero-order valence-electron chi connectivity index (χ0n) is 10.9. The molecule has 102 valence electrons. The molecule has 0 aliphatic heterocycles. The molecule has 5 heteroatoms. The predicted octanol–water partition coefficient (Wildman–Crippen LogP) is 1.51. The van der Waals surface area contributed by atoms with E-state index in [-0.39, 0.29) is 12.6 Å². The van der Waals surface area contributed by atoms with E-state index in [1.807, 2.05) is 19.1 Å². The van der Waals surface area contributed by atoms with E-state index in [1.165, 1.54) is 6.26 Å². The maximum absolute atomic E-state index is 11.3. The predicted molar refractivity (Wildman–Crippen MR) is 72.3 cm³/mol. The van der Waals surface area contributed by atoms with Crippen LogP contribution in [-0.2, 0) is 9.84 Å². The first kappa shape index (κ1) is 15.1. The molecular weight excluding hydrogens is 250 g/mol. The van der Waals surface area contributed by atoms with Gasteiger partial charge in [0.1, 0.15) is 0 Å². The highest BCUT2D eigenvalue weighted by Gasteiger charge is 2.08. The molecule has 0 saturated carbocycles. The first-order valence-corrected chi connectivity index (χ1v) is 7.98. The normalized spacial score (nSPS) is 13.5. The van der Waals surface area contributed by atoms with Crippen molar-refractivity contribution in [3.8, 4) is 0 Å². The van der Waals surface area contributed by atoms with Crippen LogP contribution in [0.25, 0.3) is 0 Å². The number of benzene rings is 1. The lowest BCUT2D eigenvalue weighted by atomic mass is 10.1. The summed E-state index contributed by atoms with van der Waals surface area (Å²) in [4.78, 5) is 0.346. The van der Waals surface area contributed by atoms with Crippen molar-refractivity contribution in [2.75, 3.05) is 19.4 Å². The van der Waals surface area contributed by atoms with Crippen molar-refractivity contribution in [1.82, 2.24) is 5.32 Å². The van der Waals surface area contributed by atoms with Gasteiger partial charge in [-0.05, 0) is 44.0 Å². The van der Waals surface area contributed by atoms with E-state index in [0.29, 0.717) is 4.90 Å². The van der Waals surface area contributed by atoms with Gasteiger partial charge in [-0.25, -0.2) is 8.42 Å². The lowest BCUT2D eigenvalue weighted by molar-refractivity contribution is 0.283. The summed E-state index contributed by atoms with van der Waals surface area (Å²) in [5, 5.41) is 12.0. The minimum atomic E-state index is -3.12. The van der Waals surface area contributed by atoms with Crippen molar-refractivity contribution in [3.63, 3.8) is 0 Å². The molecule has 1 rings (SSSR count). The highest BCUT2D eigenvalue weighted by molar-refractivity contribution is 7.90. The monoisotopic (exact) mass is 271 g/mol. The number of hydrogen-bond donors (Lipinski definition) is 2. The zero-order chi connectivity index (χ0) is 13.6. The van der Waals surface area contributed by atoms with Gasteiger partial charge in [0.05, 0.1) is 4.90 Å². The molecule has 0 radical (unpaired) electrons. The molecule has 18 heavy (non-hydrogen) atoms. The Kier molecular flexibility index (Phi) is 5.78. The summed E-state index contributed by atoms with van der Waals surface area (Å²) in [6.07, 6.45) is 2.94. The SMILES string of the molecule is CC(NCCCCO)c1ccc(S(C)(=O)=O)cc1. The fourth-order valence-corrected chi connectivity index (χ4v) is 2.31. The number of aliphatic hydroxyl groups is 1. The molecule has 1 unspecified atom stereocenters. The highest BCUT2D eigenvalue weighted by atomic mass is 32.2. The van der Waals surface area contributed by atoms with Crippen LogP contribution in [-0.4, -0.2) is 32.9 Å². The van der Waals surface area contributed by atoms with Crippen LogP contribution < -0.4 is 5.32 Å². The van der Waals surface area contributed by atoms with Crippen molar-refractivity contribution in [2.24, 2.45) is 0 Å². The number of hydrogen-bond acceptors (Lipinski definition) is 4. The van der Waals surface area contributed by atoms with Gasteiger partial charge in [0.15, 0.2) is 9.84 Å². The van der Waals surface area contributed by atoms with Gasteiger partial charge in [0.25, 0.3) is 0 Å². The first-order valence-electron chi connectivity index (χ1n) is 6.09. The summed E-state index contributed by atoms with van der Waals surface area (Å²) >= 11 is 0. The third-order valence-corrected chi connectivity index (χ3v) is 3.97. The van der Waals surface area contributed by atoms with Crippen LogP contribution in [0, 0.1) is 0 Å². The second-order valence-corrected chi connectivity index (χ2v) is 6.46. The van der Waals surface area contributed by atoms with Crippen molar-refractivity contribution < 1.29 is 13.5 Å². The largest absolute Gasteiger partial charge is 0.396 e. The number of aliphatic hydroxyl groups excluding tert-OH is 1. The van der Waals surface area contributed by atoms with Crippen LogP contribution in [0.4, 0.5) is 0 Å². The van der Waals surface area contributed by atoms with Gasteiger partial charge in [-0.3, -0.25) is 0 Å². The minimum Gasteiger partial charge on any atom is -0.396 e. The molecule has 0 saturated heterocycles. The third kappa shape index (κ3) is 4.76. The highest BCUT2D eigenvalue weighted by Crippen LogP contribution is 2.16. The van der Waals surface area contributed by atoms with Crippen LogP contribution in [0.3, 0.4) is 0 Å². The molecule has 0 aromatic heterocycles. The van der Waals surface area contributed by atoms with Crippen LogP contribution in [0.1, 0.15) is 31.4 Å². The van der Waals surface area contributed by atoms with Gasteiger partial charge >= 0.3 is 0 Å². The molecule has 0 heterocycles. The Hall–Kier alpha value is -0.910. The van der Waals surface area contributed by atoms with Gasteiger partial charge in [0.2, 0.25) is 0 Å². The molecule has 1 aromatic rings. The van der Waals surface area contributed by atoms with Gasteiger partial charge in [-0.15, -0.1) is 0 Å². The Morgan fingerprint density at radius 2 is 1.83 bits per heavy atom. The molecule has 0 spiro atoms. The number of rotatable bonds is 7. The number of nitrogens with one attached hydrogen (secondary N) is 1. The van der Waals surface area contributed by atoms with Gasteiger partial charge in [0, 0.05) is 18.9 Å². The average Bonchev–Trinajstić information content (AvgIpc) is 2.33. The smallest absolute Gasteiger partial charge is 0.175 e. The quantitative estimate of drug-likeness (QED) is 0.738. The van der Waals surface area contributed by atoms with Gasteiger partial charge < -0.3 is 10.4 Å². The van der Waals surface area contributed by atoms with Crippen molar-refractivity contribution in [1.29, 1.82) is 0 Å². The zero-order valence-corrected chi connectivity index (χ0v) is 11.7. The standard InChI is InChI=1S/C13H21NO3S/c1-11(14-9-3-4-10-15)12-5-7-13(8-6-12)18(2,16)17/h5-8,11,14-15H,3-4,9-10H2,1-2H3. The summed E-state index contributed by atoms with van der Waals surface area (Å²) in [5.74, 6) is 0. The Morgan fingerprint density at radius 3 is 2.33 bits per heavy atom. The van der Waals surface area contributed by atoms with Crippen LogP contribution in [0.5, 0.6) is 0 Å². The fraction of sp³-hybridized carbons (Fsp3) is 0.538. The lowest BCUT2D eigenvalue weighted by Crippen LogP contribution is -2.20. The summed E-state index contributed by atoms with van der Waals surface area (Å²) in [5.41, 5.74) is 1.06. The van der Waals surface area contributed by atoms with Crippen molar-refractivity contribution in [2.45, 2.75) is 30.7 Å². The lowest BCUT2D eigenvalue weighted by Gasteiger charge is -2.14. The third-order valence-electron chi connectivity index (χ3n) is 2.84. The first-order chi connectivity index (χ1) is 8.45. The van der Waals surface area contributed by atoms with E-state index in [2.05, 4.69) is 5.32 Å². The molecule has 1 aromatic carbocycles. The number of unbranched alkanes of at least 4 members (excludes halogenated alkanes) is 1.